The highest BCUT2D eigenvalue weighted by Gasteiger charge is 2.30. The Morgan fingerprint density at radius 1 is 1.44 bits per heavy atom. The normalized spacial score (nSPS) is 23.9. The van der Waals surface area contributed by atoms with Crippen molar-refractivity contribution in [3.63, 3.8) is 0 Å². The predicted molar refractivity (Wildman–Crippen MR) is 64.7 cm³/mol. The van der Waals surface area contributed by atoms with Gasteiger partial charge in [-0.1, -0.05) is 6.92 Å². The highest BCUT2D eigenvalue weighted by molar-refractivity contribution is 7.15. The molecular formula is C12H16N2OS. The van der Waals surface area contributed by atoms with Crippen LogP contribution < -0.4 is 5.32 Å². The van der Waals surface area contributed by atoms with Gasteiger partial charge in [0.05, 0.1) is 5.69 Å². The Hall–Kier alpha value is -0.900. The summed E-state index contributed by atoms with van der Waals surface area (Å²) >= 11 is 1.67. The number of nitrogens with zero attached hydrogens (tertiary/aromatic N) is 1. The zero-order valence-electron chi connectivity index (χ0n) is 9.45. The fourth-order valence-electron chi connectivity index (χ4n) is 2.15. The van der Waals surface area contributed by atoms with E-state index in [0.717, 1.165) is 36.7 Å². The van der Waals surface area contributed by atoms with E-state index < -0.39 is 0 Å². The van der Waals surface area contributed by atoms with Crippen LogP contribution in [0.2, 0.25) is 0 Å². The summed E-state index contributed by atoms with van der Waals surface area (Å²) in [6.45, 7) is 2.28. The van der Waals surface area contributed by atoms with Crippen molar-refractivity contribution in [2.45, 2.75) is 39.0 Å². The number of hydrogen-bond donors (Lipinski definition) is 1. The molecule has 0 aliphatic heterocycles. The first-order chi connectivity index (χ1) is 7.72. The molecule has 1 aromatic heterocycles. The van der Waals surface area contributed by atoms with Gasteiger partial charge in [0, 0.05) is 10.8 Å². The molecule has 0 spiro atoms. The van der Waals surface area contributed by atoms with Crippen LogP contribution in [0, 0.1) is 11.8 Å². The number of rotatable bonds is 2. The minimum Gasteiger partial charge on any atom is -0.302 e. The molecule has 0 radical (unpaired) electrons. The molecule has 1 aromatic rings. The predicted octanol–water partition coefficient (Wildman–Crippen LogP) is 2.62. The molecule has 2 aliphatic rings. The summed E-state index contributed by atoms with van der Waals surface area (Å²) in [6, 6.07) is 0. The van der Waals surface area contributed by atoms with E-state index in [4.69, 9.17) is 0 Å². The van der Waals surface area contributed by atoms with Gasteiger partial charge in [-0.3, -0.25) is 4.79 Å². The summed E-state index contributed by atoms with van der Waals surface area (Å²) in [5.41, 5.74) is 1.22. The standard InChI is InChI=1S/C12H16N2OS/c1-7-2-5-9-10(6-7)16-12(13-9)14-11(15)8-3-4-8/h7-8H,2-6H2,1H3,(H,13,14,15)/t7-/m0/s1. The molecule has 3 rings (SSSR count). The summed E-state index contributed by atoms with van der Waals surface area (Å²) in [4.78, 5) is 17.5. The molecule has 1 heterocycles. The molecule has 86 valence electrons. The third kappa shape index (κ3) is 1.98. The van der Waals surface area contributed by atoms with Gasteiger partial charge in [-0.15, -0.1) is 11.3 Å². The molecule has 1 saturated carbocycles. The number of aromatic nitrogens is 1. The molecule has 0 aromatic carbocycles. The fraction of sp³-hybridized carbons (Fsp3) is 0.667. The largest absolute Gasteiger partial charge is 0.302 e. The Kier molecular flexibility index (Phi) is 2.46. The van der Waals surface area contributed by atoms with Crippen molar-refractivity contribution < 1.29 is 4.79 Å². The Morgan fingerprint density at radius 2 is 2.25 bits per heavy atom. The minimum atomic E-state index is 0.166. The summed E-state index contributed by atoms with van der Waals surface area (Å²) in [5.74, 6) is 1.19. The summed E-state index contributed by atoms with van der Waals surface area (Å²) in [5, 5.41) is 3.76. The van der Waals surface area contributed by atoms with Crippen LogP contribution in [0.3, 0.4) is 0 Å². The molecule has 0 saturated heterocycles. The average molecular weight is 236 g/mol. The number of hydrogen-bond acceptors (Lipinski definition) is 3. The van der Waals surface area contributed by atoms with Crippen LogP contribution in [-0.4, -0.2) is 10.9 Å². The van der Waals surface area contributed by atoms with Crippen molar-refractivity contribution in [2.75, 3.05) is 5.32 Å². The second-order valence-electron chi connectivity index (χ2n) is 5.00. The molecule has 1 atom stereocenters. The monoisotopic (exact) mass is 236 g/mol. The molecule has 16 heavy (non-hydrogen) atoms. The zero-order valence-corrected chi connectivity index (χ0v) is 10.3. The van der Waals surface area contributed by atoms with Crippen LogP contribution >= 0.6 is 11.3 Å². The number of thiazole rings is 1. The van der Waals surface area contributed by atoms with Gasteiger partial charge in [0.15, 0.2) is 5.13 Å². The zero-order chi connectivity index (χ0) is 11.1. The van der Waals surface area contributed by atoms with Gasteiger partial charge in [-0.25, -0.2) is 4.98 Å². The second-order valence-corrected chi connectivity index (χ2v) is 6.08. The second kappa shape index (κ2) is 3.84. The Bertz CT molecular complexity index is 423. The SMILES string of the molecule is C[C@H]1CCc2nc(NC(=O)C3CC3)sc2C1. The van der Waals surface area contributed by atoms with E-state index in [2.05, 4.69) is 17.2 Å². The van der Waals surface area contributed by atoms with Crippen molar-refractivity contribution >= 4 is 22.4 Å². The first kappa shape index (κ1) is 10.3. The lowest BCUT2D eigenvalue weighted by Gasteiger charge is -2.15. The van der Waals surface area contributed by atoms with E-state index >= 15 is 0 Å². The van der Waals surface area contributed by atoms with Gasteiger partial charge in [0.25, 0.3) is 0 Å². The topological polar surface area (TPSA) is 42.0 Å². The first-order valence-electron chi connectivity index (χ1n) is 6.02. The van der Waals surface area contributed by atoms with E-state index in [-0.39, 0.29) is 11.8 Å². The number of aryl methyl sites for hydroxylation is 1. The van der Waals surface area contributed by atoms with E-state index in [1.54, 1.807) is 11.3 Å². The summed E-state index contributed by atoms with van der Waals surface area (Å²) in [7, 11) is 0. The maximum Gasteiger partial charge on any atom is 0.229 e. The lowest BCUT2D eigenvalue weighted by molar-refractivity contribution is -0.117. The number of anilines is 1. The van der Waals surface area contributed by atoms with Crippen molar-refractivity contribution in [3.05, 3.63) is 10.6 Å². The number of carbonyl (C=O) groups is 1. The third-order valence-electron chi connectivity index (χ3n) is 3.36. The highest BCUT2D eigenvalue weighted by Crippen LogP contribution is 2.34. The lowest BCUT2D eigenvalue weighted by Crippen LogP contribution is -2.13. The van der Waals surface area contributed by atoms with Crippen molar-refractivity contribution in [3.8, 4) is 0 Å². The quantitative estimate of drug-likeness (QED) is 0.857. The molecule has 3 nitrogen and oxygen atoms in total. The maximum atomic E-state index is 11.6. The van der Waals surface area contributed by atoms with Crippen LogP contribution in [0.1, 0.15) is 36.8 Å². The minimum absolute atomic E-state index is 0.166. The summed E-state index contributed by atoms with van der Waals surface area (Å²) in [6.07, 6.45) is 5.53. The van der Waals surface area contributed by atoms with Crippen LogP contribution in [0.5, 0.6) is 0 Å². The molecule has 0 unspecified atom stereocenters. The number of fused-ring (bicyclic) bond motifs is 1. The molecule has 1 fully saturated rings. The van der Waals surface area contributed by atoms with Gasteiger partial charge < -0.3 is 5.32 Å². The van der Waals surface area contributed by atoms with Crippen LogP contribution in [-0.2, 0) is 17.6 Å². The highest BCUT2D eigenvalue weighted by atomic mass is 32.1. The Labute approximate surface area is 99.3 Å². The third-order valence-corrected chi connectivity index (χ3v) is 4.40. The molecule has 4 heteroatoms. The molecule has 1 amide bonds. The molecule has 2 aliphatic carbocycles. The maximum absolute atomic E-state index is 11.6. The Morgan fingerprint density at radius 3 is 3.00 bits per heavy atom. The van der Waals surface area contributed by atoms with Crippen molar-refractivity contribution in [1.29, 1.82) is 0 Å². The lowest BCUT2D eigenvalue weighted by atomic mass is 9.93. The van der Waals surface area contributed by atoms with Gasteiger partial charge in [-0.2, -0.15) is 0 Å². The fourth-order valence-corrected chi connectivity index (χ4v) is 3.32. The Balaban J connectivity index is 1.73. The smallest absolute Gasteiger partial charge is 0.229 e. The molecule has 1 N–H and O–H groups in total. The van der Waals surface area contributed by atoms with E-state index in [1.165, 1.54) is 17.0 Å². The van der Waals surface area contributed by atoms with E-state index in [0.29, 0.717) is 0 Å². The van der Waals surface area contributed by atoms with Gasteiger partial charge >= 0.3 is 0 Å². The molecule has 0 bridgehead atoms. The number of carbonyl (C=O) groups excluding carboxylic acids is 1. The van der Waals surface area contributed by atoms with E-state index in [9.17, 15) is 4.79 Å². The van der Waals surface area contributed by atoms with Crippen LogP contribution in [0.25, 0.3) is 0 Å². The van der Waals surface area contributed by atoms with E-state index in [1.807, 2.05) is 0 Å². The van der Waals surface area contributed by atoms with Crippen molar-refractivity contribution in [2.24, 2.45) is 11.8 Å². The van der Waals surface area contributed by atoms with Gasteiger partial charge in [0.2, 0.25) is 5.91 Å². The van der Waals surface area contributed by atoms with Crippen molar-refractivity contribution in [1.82, 2.24) is 4.98 Å². The average Bonchev–Trinajstić information content (AvgIpc) is 3.00. The number of amides is 1. The first-order valence-corrected chi connectivity index (χ1v) is 6.83. The number of nitrogens with one attached hydrogen (secondary N) is 1. The van der Waals surface area contributed by atoms with Crippen LogP contribution in [0.4, 0.5) is 5.13 Å². The molecular weight excluding hydrogens is 220 g/mol. The van der Waals surface area contributed by atoms with Crippen LogP contribution in [0.15, 0.2) is 0 Å². The summed E-state index contributed by atoms with van der Waals surface area (Å²) < 4.78 is 0. The van der Waals surface area contributed by atoms with Gasteiger partial charge in [-0.05, 0) is 38.0 Å². The van der Waals surface area contributed by atoms with Gasteiger partial charge in [0.1, 0.15) is 0 Å².